The molecule has 26 N–H and O–H groups in total. The van der Waals surface area contributed by atoms with Crippen molar-refractivity contribution in [2.75, 3.05) is 31.6 Å². The van der Waals surface area contributed by atoms with Crippen LogP contribution in [0.5, 0.6) is 5.75 Å². The van der Waals surface area contributed by atoms with Gasteiger partial charge in [0.1, 0.15) is 60.1 Å². The molecule has 11 amide bonds. The summed E-state index contributed by atoms with van der Waals surface area (Å²) < 4.78 is 0. The number of thioether (sulfide) groups is 1. The largest absolute Gasteiger partial charge is 0.508 e. The molecule has 12 unspecified atom stereocenters. The van der Waals surface area contributed by atoms with Crippen molar-refractivity contribution >= 4 is 107 Å². The Labute approximate surface area is 564 Å². The number of nitrogens with zero attached hydrogens (tertiary/aromatic N) is 1. The quantitative estimate of drug-likeness (QED) is 0.0165. The number of nitrogens with two attached hydrogens (primary N) is 5. The van der Waals surface area contributed by atoms with Crippen molar-refractivity contribution in [1.29, 1.82) is 0 Å². The lowest BCUT2D eigenvalue weighted by Gasteiger charge is -2.29. The highest BCUT2D eigenvalue weighted by Gasteiger charge is 2.38. The lowest BCUT2D eigenvalue weighted by atomic mass is 9.96. The summed E-state index contributed by atoms with van der Waals surface area (Å²) in [5, 5.41) is 80.2. The fourth-order valence-electron chi connectivity index (χ4n) is 8.81. The van der Waals surface area contributed by atoms with E-state index in [0.29, 0.717) is 24.9 Å². The number of carbonyl (C=O) groups excluding carboxylic acids is 11. The van der Waals surface area contributed by atoms with Crippen LogP contribution >= 0.6 is 11.8 Å². The van der Waals surface area contributed by atoms with Crippen molar-refractivity contribution in [3.8, 4) is 5.75 Å². The molecule has 0 aliphatic heterocycles. The standard InChI is InChI=1S/C57H94N16O19S.C2H4O2/c1-7-29(4)45(72-53(88)40(26-44(80)81)71-55(90)46(30(5)74)73-47(82)33(59)24-31-13-15-32(75)16-14-31)54(89)68-35(17-18-43(78)79)50(85)67-36(19-22-93-6)51(86)70-39(25-41(60)76)52(87)66-34(12-10-21-63-57(61)62)49(84)69-38(23-28(2)3)48(83)64-27-42(77)65-37(56(91)92)11-8-9-20-58;1-2(3)4/h13-16,28-30,33-40,45-46,74-75H,7-12,17-27,58-59H2,1-6H3,(H2,60,76)(H,64,83)(H,65,77)(H,66,87)(H,67,85)(H,68,89)(H,69,84)(H,70,86)(H,71,90)(H,72,88)(H,73,82)(H,78,79)(H,80,81)(H,91,92)(H4,61,62,63);1H3,(H,3,4). The van der Waals surface area contributed by atoms with Crippen LogP contribution in [0.15, 0.2) is 29.3 Å². The van der Waals surface area contributed by atoms with Crippen LogP contribution in [0.2, 0.25) is 0 Å². The van der Waals surface area contributed by atoms with E-state index < -0.39 is 194 Å². The molecule has 0 aromatic heterocycles. The molecule has 1 rings (SSSR count). The zero-order valence-corrected chi connectivity index (χ0v) is 56.2. The third-order valence-electron chi connectivity index (χ3n) is 14.1. The van der Waals surface area contributed by atoms with Gasteiger partial charge in [-0.3, -0.25) is 72.1 Å². The van der Waals surface area contributed by atoms with Crippen LogP contribution in [-0.4, -0.2) is 224 Å². The smallest absolute Gasteiger partial charge is 0.326 e. The van der Waals surface area contributed by atoms with E-state index in [1.807, 2.05) is 0 Å². The summed E-state index contributed by atoms with van der Waals surface area (Å²) in [7, 11) is 0. The van der Waals surface area contributed by atoms with Crippen molar-refractivity contribution in [2.45, 2.75) is 192 Å². The molecule has 0 bridgehead atoms. The molecule has 0 saturated heterocycles. The normalized spacial score (nSPS) is 14.5. The molecule has 0 heterocycles. The number of nitrogens with one attached hydrogen (secondary N) is 10. The monoisotopic (exact) mass is 1400 g/mol. The number of hydrogen-bond donors (Lipinski definition) is 21. The first-order valence-corrected chi connectivity index (χ1v) is 32.4. The predicted molar refractivity (Wildman–Crippen MR) is 350 cm³/mol. The molecule has 37 nitrogen and oxygen atoms in total. The number of aliphatic hydroxyl groups excluding tert-OH is 1. The second-order valence-corrected chi connectivity index (χ2v) is 24.0. The lowest BCUT2D eigenvalue weighted by Crippen LogP contribution is -2.62. The number of phenolic OH excluding ortho intramolecular Hbond substituents is 1. The Kier molecular flexibility index (Phi) is 42.1. The third kappa shape index (κ3) is 37.5. The Morgan fingerprint density at radius 3 is 1.53 bits per heavy atom. The number of aliphatic carboxylic acids is 4. The number of aromatic hydroxyl groups is 1. The minimum Gasteiger partial charge on any atom is -0.508 e. The number of hydrogen-bond acceptors (Lipinski definition) is 21. The number of carboxylic acids is 4. The summed E-state index contributed by atoms with van der Waals surface area (Å²) in [6, 6.07) is -10.5. The van der Waals surface area contributed by atoms with Crippen LogP contribution < -0.4 is 81.8 Å². The number of benzene rings is 1. The van der Waals surface area contributed by atoms with Crippen LogP contribution in [-0.2, 0) is 78.3 Å². The highest BCUT2D eigenvalue weighted by molar-refractivity contribution is 7.98. The third-order valence-corrected chi connectivity index (χ3v) is 14.7. The second-order valence-electron chi connectivity index (χ2n) is 23.0. The number of guanidine groups is 1. The predicted octanol–water partition coefficient (Wildman–Crippen LogP) is -5.46. The summed E-state index contributed by atoms with van der Waals surface area (Å²) in [5.41, 5.74) is 28.5. The van der Waals surface area contributed by atoms with Crippen molar-refractivity contribution in [3.05, 3.63) is 29.8 Å². The molecule has 0 aliphatic carbocycles. The Morgan fingerprint density at radius 2 is 1.03 bits per heavy atom. The van der Waals surface area contributed by atoms with Crippen molar-refractivity contribution < 1.29 is 103 Å². The zero-order valence-electron chi connectivity index (χ0n) is 55.4. The molecular weight excluding hydrogens is 1300 g/mol. The Hall–Kier alpha value is -9.43. The van der Waals surface area contributed by atoms with Gasteiger partial charge in [-0.15, -0.1) is 0 Å². The number of amides is 11. The number of aliphatic imine (C=N–C) groups is 1. The number of aliphatic hydroxyl groups is 1. The van der Waals surface area contributed by atoms with Crippen LogP contribution in [0, 0.1) is 11.8 Å². The summed E-state index contributed by atoms with van der Waals surface area (Å²) in [5.74, 6) is -18.3. The molecule has 0 aliphatic rings. The molecular formula is C59H98N16O21S. The number of unbranched alkanes of at least 4 members (excludes halogenated alkanes) is 1. The second kappa shape index (κ2) is 46.6. The van der Waals surface area contributed by atoms with Crippen LogP contribution in [0.25, 0.3) is 0 Å². The first-order valence-electron chi connectivity index (χ1n) is 31.0. The molecule has 1 aromatic carbocycles. The van der Waals surface area contributed by atoms with E-state index in [1.54, 1.807) is 27.0 Å². The summed E-state index contributed by atoms with van der Waals surface area (Å²) in [4.78, 5) is 199. The SMILES string of the molecule is CC(=O)O.CCC(C)C(NC(=O)C(CC(=O)O)NC(=O)C(NC(=O)C(N)Cc1ccc(O)cc1)C(C)O)C(=O)NC(CCC(=O)O)C(=O)NC(CCSC)C(=O)NC(CC(N)=O)C(=O)NC(CCCN=C(N)N)C(=O)NC(CC(C)C)C(=O)NCC(=O)NC(CCCCN)C(=O)O. The maximum absolute atomic E-state index is 14.2. The summed E-state index contributed by atoms with van der Waals surface area (Å²) in [6.07, 6.45) is -2.81. The summed E-state index contributed by atoms with van der Waals surface area (Å²) >= 11 is 1.20. The van der Waals surface area contributed by atoms with Crippen LogP contribution in [0.1, 0.15) is 124 Å². The number of carboxylic acid groups (broad SMARTS) is 4. The highest BCUT2D eigenvalue weighted by atomic mass is 32.2. The van der Waals surface area contributed by atoms with Gasteiger partial charge in [-0.2, -0.15) is 11.8 Å². The molecule has 546 valence electrons. The minimum atomic E-state index is -1.98. The molecule has 97 heavy (non-hydrogen) atoms. The topological polar surface area (TPSA) is 640 Å². The van der Waals surface area contributed by atoms with Gasteiger partial charge in [0.2, 0.25) is 65.0 Å². The number of rotatable bonds is 46. The van der Waals surface area contributed by atoms with Crippen molar-refractivity contribution in [1.82, 2.24) is 53.2 Å². The molecule has 0 saturated carbocycles. The fourth-order valence-corrected chi connectivity index (χ4v) is 9.28. The van der Waals surface area contributed by atoms with E-state index in [-0.39, 0.29) is 74.9 Å². The van der Waals surface area contributed by atoms with Gasteiger partial charge in [-0.1, -0.05) is 46.2 Å². The van der Waals surface area contributed by atoms with Gasteiger partial charge >= 0.3 is 17.9 Å². The van der Waals surface area contributed by atoms with E-state index in [4.69, 9.17) is 38.6 Å². The highest BCUT2D eigenvalue weighted by Crippen LogP contribution is 2.15. The first-order chi connectivity index (χ1) is 45.4. The van der Waals surface area contributed by atoms with E-state index in [2.05, 4.69) is 58.2 Å². The van der Waals surface area contributed by atoms with Crippen LogP contribution in [0.3, 0.4) is 0 Å². The minimum absolute atomic E-state index is 0.0139. The maximum Gasteiger partial charge on any atom is 0.326 e. The Bertz CT molecular complexity index is 2840. The fraction of sp³-hybridized carbons (Fsp3) is 0.627. The average molecular weight is 1400 g/mol. The van der Waals surface area contributed by atoms with E-state index in [9.17, 15) is 92.7 Å². The van der Waals surface area contributed by atoms with Gasteiger partial charge in [-0.25, -0.2) is 4.79 Å². The average Bonchev–Trinajstić information content (AvgIpc) is 0.883. The van der Waals surface area contributed by atoms with Crippen LogP contribution in [0.4, 0.5) is 0 Å². The number of phenols is 1. The number of primary amides is 1. The summed E-state index contributed by atoms with van der Waals surface area (Å²) in [6.45, 7) is 8.26. The molecule has 1 aromatic rings. The lowest BCUT2D eigenvalue weighted by molar-refractivity contribution is -0.142. The Morgan fingerprint density at radius 1 is 0.557 bits per heavy atom. The Balaban J connectivity index is 0.0000224. The molecule has 0 fully saturated rings. The molecule has 0 radical (unpaired) electrons. The zero-order chi connectivity index (χ0) is 74.2. The van der Waals surface area contributed by atoms with E-state index >= 15 is 0 Å². The van der Waals surface area contributed by atoms with Gasteiger partial charge in [-0.05, 0) is 113 Å². The van der Waals surface area contributed by atoms with Gasteiger partial charge in [0.15, 0.2) is 5.96 Å². The van der Waals surface area contributed by atoms with E-state index in [0.717, 1.165) is 13.8 Å². The van der Waals surface area contributed by atoms with Crippen molar-refractivity contribution in [2.24, 2.45) is 45.5 Å². The van der Waals surface area contributed by atoms with E-state index in [1.165, 1.54) is 43.0 Å². The van der Waals surface area contributed by atoms with Gasteiger partial charge in [0.05, 0.1) is 31.5 Å². The molecule has 12 atom stereocenters. The molecule has 38 heteroatoms. The first kappa shape index (κ1) is 87.6. The molecule has 0 spiro atoms. The number of carbonyl (C=O) groups is 15. The van der Waals surface area contributed by atoms with Crippen molar-refractivity contribution in [3.63, 3.8) is 0 Å². The van der Waals surface area contributed by atoms with Gasteiger partial charge < -0.3 is 112 Å². The van der Waals surface area contributed by atoms with Gasteiger partial charge in [0, 0.05) is 19.9 Å². The van der Waals surface area contributed by atoms with Gasteiger partial charge in [0.25, 0.3) is 5.97 Å². The maximum atomic E-state index is 14.2.